The molecule has 2 saturated heterocycles. The van der Waals surface area contributed by atoms with E-state index in [2.05, 4.69) is 53.2 Å². The monoisotopic (exact) mass is 1290 g/mol. The summed E-state index contributed by atoms with van der Waals surface area (Å²) in [5, 5.41) is 55.8. The van der Waals surface area contributed by atoms with Crippen LogP contribution in [0.2, 0.25) is 0 Å². The van der Waals surface area contributed by atoms with Gasteiger partial charge in [-0.2, -0.15) is 0 Å². The molecule has 2 nitrogen and oxygen atoms in total. The van der Waals surface area contributed by atoms with Crippen molar-refractivity contribution in [1.82, 2.24) is 0 Å². The van der Waals surface area contributed by atoms with E-state index in [0.29, 0.717) is 47.6 Å². The number of benzene rings is 12. The number of nitrogens with zero attached hydrogens (tertiary/aromatic N) is 2. The van der Waals surface area contributed by atoms with Crippen LogP contribution in [0, 0.1) is 5.41 Å². The van der Waals surface area contributed by atoms with Crippen LogP contribution in [-0.2, 0) is 16.2 Å². The second kappa shape index (κ2) is 9.79. The average molecular weight is 1290 g/mol. The highest BCUT2D eigenvalue weighted by molar-refractivity contribution is 6.72. The third-order valence-electron chi connectivity index (χ3n) is 32.9. The van der Waals surface area contributed by atoms with Gasteiger partial charge < -0.3 is 56.9 Å². The summed E-state index contributed by atoms with van der Waals surface area (Å²) in [4.78, 5) is 0. The lowest BCUT2D eigenvalue weighted by molar-refractivity contribution is -0.906. The third-order valence-corrected chi connectivity index (χ3v) is 32.9. The van der Waals surface area contributed by atoms with E-state index in [1.54, 1.807) is 102 Å². The van der Waals surface area contributed by atoms with Crippen molar-refractivity contribution in [2.45, 2.75) is 142 Å². The minimum Gasteiger partial charge on any atom is -1.00 e. The standard InChI is InChI=1S/C80H50N2.2HI/c1-7-9-11-13-15-19-79-73-61-49-37-27-23-25-21-22-26-24-28-35-43-31(24)29(21)41-33(25)45(37)57(61)69-53(41)55(43)71(77(69,79)17-81(19,3)4)59-47(35)40-50-38(28)46-34(26)42-30(22)32(23)44-36(27)48-39(49)52-64-60(48)72-56(44)54(42)70-58(46)62(50)74-66-51(40)63(59)75(79)67(65(52)73)68(66)76(64)80(74)20(16-14-12-10-8-2)82(5,6)18-78(70,72)80;;/h19-20,51,60-61,66,72-73H,7-18H2,1-6H3;2*1H/q+2;;/p-2. The highest BCUT2D eigenvalue weighted by Crippen LogP contribution is 2.97. The summed E-state index contributed by atoms with van der Waals surface area (Å²) >= 11 is 0. The number of likely N-dealkylation sites (tertiary alicyclic amines) is 2. The molecule has 2 heterocycles. The molecule has 12 atom stereocenters. The smallest absolute Gasteiger partial charge is 0.103 e. The van der Waals surface area contributed by atoms with Crippen molar-refractivity contribution in [1.29, 1.82) is 0 Å². The quantitative estimate of drug-likeness (QED) is 0.0554. The second-order valence-electron chi connectivity index (χ2n) is 34.2. The number of rotatable bonds is 10. The fraction of sp³-hybridized carbons (Fsp3) is 0.375. The highest BCUT2D eigenvalue weighted by atomic mass is 127. The van der Waals surface area contributed by atoms with Crippen molar-refractivity contribution in [2.75, 3.05) is 41.3 Å². The molecule has 0 bridgehead atoms. The van der Waals surface area contributed by atoms with Gasteiger partial charge in [-0.1, -0.05) is 52.4 Å². The lowest BCUT2D eigenvalue weighted by Gasteiger charge is -2.58. The molecular formula is C80H50I2N2. The minimum atomic E-state index is -0.0574. The maximum Gasteiger partial charge on any atom is 0.103 e. The number of hydrogen-bond donors (Lipinski definition) is 0. The normalized spacial score (nSPS) is 35.3. The van der Waals surface area contributed by atoms with Crippen LogP contribution in [0.25, 0.3) is 189 Å². The van der Waals surface area contributed by atoms with Crippen LogP contribution in [0.3, 0.4) is 0 Å². The van der Waals surface area contributed by atoms with E-state index < -0.39 is 0 Å². The molecule has 17 aromatic carbocycles. The Morgan fingerprint density at radius 2 is 0.869 bits per heavy atom. The van der Waals surface area contributed by atoms with Gasteiger partial charge in [-0.15, -0.1) is 0 Å². The molecule has 4 spiro atoms. The molecule has 0 amide bonds. The zero-order chi connectivity index (χ0) is 51.0. The van der Waals surface area contributed by atoms with Gasteiger partial charge in [-0.25, -0.2) is 0 Å². The predicted octanol–water partition coefficient (Wildman–Crippen LogP) is 11.3. The Balaban J connectivity index is 0.00000203. The first-order valence-electron chi connectivity index (χ1n) is 33.7. The summed E-state index contributed by atoms with van der Waals surface area (Å²) in [5.41, 5.74) is 37.3. The lowest BCUT2D eigenvalue weighted by Crippen LogP contribution is -3.00. The van der Waals surface area contributed by atoms with Crippen LogP contribution in [-0.4, -0.2) is 62.3 Å². The van der Waals surface area contributed by atoms with E-state index >= 15 is 0 Å². The SMILES string of the molecule is CCCCCCC1C23C4=c5c6c7c8c9c%10c%11c%12c%13c%14c%15c%16c%17c%18c%19c%20c%21c%22c%23c(c5c5c6c6c8c%11c8c%11c%12c%15c%12c(c%20%16)c%21c%15c%23c5c(c68)c%15c%12%11)C2(C[N+]1(C)C)C%22C%19c1c-%18c2c5c(c13)C4C7C9=C5C1(C2C%17%14)C(CCCCCC)[N+](C)(C)CC%10%131.[I-].[I-]. The van der Waals surface area contributed by atoms with Gasteiger partial charge in [0.15, 0.2) is 0 Å². The van der Waals surface area contributed by atoms with Gasteiger partial charge in [0.25, 0.3) is 0 Å². The summed E-state index contributed by atoms with van der Waals surface area (Å²) < 4.78 is 2.36. The third kappa shape index (κ3) is 2.41. The van der Waals surface area contributed by atoms with Gasteiger partial charge in [-0.05, 0) is 285 Å². The fourth-order valence-corrected chi connectivity index (χ4v) is 33.5. The lowest BCUT2D eigenvalue weighted by atomic mass is 9.40. The molecule has 0 radical (unpaired) electrons. The van der Waals surface area contributed by atoms with Gasteiger partial charge in [-0.3, -0.25) is 0 Å². The number of halogens is 2. The van der Waals surface area contributed by atoms with Crippen molar-refractivity contribution in [3.8, 4) is 11.1 Å². The molecule has 34 rings (SSSR count). The van der Waals surface area contributed by atoms with Crippen molar-refractivity contribution in [3.63, 3.8) is 0 Å². The topological polar surface area (TPSA) is 0 Å². The van der Waals surface area contributed by atoms with Crippen molar-refractivity contribution >= 4 is 178 Å². The Kier molecular flexibility index (Phi) is 4.70. The van der Waals surface area contributed by atoms with E-state index in [0.717, 1.165) is 0 Å². The maximum atomic E-state index is 2.85. The van der Waals surface area contributed by atoms with E-state index in [4.69, 9.17) is 0 Å². The molecule has 2 fully saturated rings. The number of hydrogen-bond acceptors (Lipinski definition) is 0. The van der Waals surface area contributed by atoms with Crippen LogP contribution in [0.1, 0.15) is 191 Å². The van der Waals surface area contributed by atoms with E-state index in [1.165, 1.54) is 86.3 Å². The number of allylic oxidation sites excluding steroid dienone is 1. The number of likely N-dealkylation sites (N-methyl/N-ethyl adjacent to an activating group) is 2. The van der Waals surface area contributed by atoms with Gasteiger partial charge in [0.1, 0.15) is 12.1 Å². The maximum absolute atomic E-state index is 2.85. The molecule has 17 aliphatic rings. The van der Waals surface area contributed by atoms with Crippen LogP contribution in [0.4, 0.5) is 0 Å². The Bertz CT molecular complexity index is 6780. The summed E-state index contributed by atoms with van der Waals surface area (Å²) in [6.45, 7) is 7.49. The van der Waals surface area contributed by atoms with Crippen LogP contribution in [0.5, 0.6) is 0 Å². The van der Waals surface area contributed by atoms with Gasteiger partial charge >= 0.3 is 0 Å². The molecule has 0 aromatic heterocycles. The Morgan fingerprint density at radius 1 is 0.357 bits per heavy atom. The van der Waals surface area contributed by atoms with Crippen molar-refractivity contribution in [2.24, 2.45) is 5.41 Å². The summed E-state index contributed by atoms with van der Waals surface area (Å²) in [7, 11) is 11.4. The fourth-order valence-electron chi connectivity index (χ4n) is 33.5. The van der Waals surface area contributed by atoms with Crippen molar-refractivity contribution < 1.29 is 56.9 Å². The zero-order valence-corrected chi connectivity index (χ0v) is 52.1. The van der Waals surface area contributed by atoms with E-state index in [-0.39, 0.29) is 69.6 Å². The molecule has 0 N–H and O–H groups in total. The summed E-state index contributed by atoms with van der Waals surface area (Å²) in [5.74, 6) is 2.81. The predicted molar refractivity (Wildman–Crippen MR) is 334 cm³/mol. The molecule has 84 heavy (non-hydrogen) atoms. The molecule has 2 aliphatic heterocycles. The Morgan fingerprint density at radius 3 is 1.55 bits per heavy atom. The van der Waals surface area contributed by atoms with Crippen molar-refractivity contribution in [3.05, 3.63) is 83.1 Å². The average Bonchev–Trinajstić information content (AvgIpc) is 1.37. The Hall–Kier alpha value is -5.12. The van der Waals surface area contributed by atoms with Gasteiger partial charge in [0.05, 0.1) is 62.9 Å². The first kappa shape index (κ1) is 40.4. The largest absolute Gasteiger partial charge is 1.00 e. The van der Waals surface area contributed by atoms with E-state index in [1.807, 2.05) is 159 Å². The molecule has 0 saturated carbocycles. The van der Waals surface area contributed by atoms with Crippen LogP contribution >= 0.6 is 0 Å². The van der Waals surface area contributed by atoms with Gasteiger partial charge in [0, 0.05) is 48.3 Å². The summed E-state index contributed by atoms with van der Waals surface area (Å²) in [6.07, 6.45) is 13.7. The number of unbranched alkanes of at least 4 members (excludes halogenated alkanes) is 6. The van der Waals surface area contributed by atoms with Crippen LogP contribution in [0.15, 0.2) is 0 Å². The highest BCUT2D eigenvalue weighted by Gasteiger charge is 2.90. The zero-order valence-electron chi connectivity index (χ0n) is 47.8. The second-order valence-corrected chi connectivity index (χ2v) is 34.2. The molecule has 17 aromatic rings. The molecule has 15 aliphatic carbocycles. The molecule has 12 unspecified atom stereocenters. The number of quaternary nitrogens is 2. The van der Waals surface area contributed by atoms with E-state index in [9.17, 15) is 0 Å². The van der Waals surface area contributed by atoms with Crippen LogP contribution < -0.4 is 53.2 Å². The summed E-state index contributed by atoms with van der Waals surface area (Å²) in [6, 6.07) is 1.14. The Labute approximate surface area is 513 Å². The molecular weight excluding hydrogens is 1240 g/mol. The van der Waals surface area contributed by atoms with Gasteiger partial charge in [0.2, 0.25) is 0 Å². The first-order chi connectivity index (χ1) is 40.3. The molecule has 4 heteroatoms. The molecule has 394 valence electrons. The first-order valence-corrected chi connectivity index (χ1v) is 33.7. The minimum absolute atomic E-state index is 0.